The van der Waals surface area contributed by atoms with Crippen LogP contribution in [-0.2, 0) is 14.4 Å². The summed E-state index contributed by atoms with van der Waals surface area (Å²) in [6, 6.07) is 5.15. The lowest BCUT2D eigenvalue weighted by Crippen LogP contribution is -2.53. The molecule has 1 aromatic rings. The summed E-state index contributed by atoms with van der Waals surface area (Å²) in [5.74, 6) is -1.15. The van der Waals surface area contributed by atoms with Crippen LogP contribution in [0.4, 0.5) is 13.2 Å². The maximum atomic E-state index is 13.2. The smallest absolute Gasteiger partial charge is 0.484 e. The number of carbonyl (C=O) groups excluding carboxylic acids is 3. The fourth-order valence-corrected chi connectivity index (χ4v) is 5.63. The number of nitriles is 1. The third-order valence-electron chi connectivity index (χ3n) is 7.64. The van der Waals surface area contributed by atoms with E-state index in [-0.39, 0.29) is 41.1 Å². The number of piperidine rings is 1. The largest absolute Gasteiger partial charge is 0.573 e. The fraction of sp³-hybridized carbons (Fsp3) is 0.600. The zero-order valence-corrected chi connectivity index (χ0v) is 20.0. The zero-order chi connectivity index (χ0) is 26.3. The molecule has 0 unspecified atom stereocenters. The van der Waals surface area contributed by atoms with Gasteiger partial charge in [0.25, 0.3) is 5.91 Å². The zero-order valence-electron chi connectivity index (χ0n) is 20.0. The monoisotopic (exact) mass is 507 g/mol. The molecule has 4 rings (SSSR count). The molecular formula is C25H28F3N3O5. The average Bonchev–Trinajstić information content (AvgIpc) is 3.16. The lowest BCUT2D eigenvalue weighted by molar-refractivity contribution is -0.274. The molecule has 2 aliphatic carbocycles. The van der Waals surface area contributed by atoms with Crippen molar-refractivity contribution in [2.75, 3.05) is 13.2 Å². The number of ketones is 1. The van der Waals surface area contributed by atoms with Gasteiger partial charge in [0.2, 0.25) is 5.91 Å². The van der Waals surface area contributed by atoms with Crippen molar-refractivity contribution in [1.29, 1.82) is 5.26 Å². The molecule has 5 atom stereocenters. The molecule has 0 bridgehead atoms. The minimum Gasteiger partial charge on any atom is -0.484 e. The van der Waals surface area contributed by atoms with Gasteiger partial charge in [-0.15, -0.1) is 13.2 Å². The highest BCUT2D eigenvalue weighted by Crippen LogP contribution is 2.64. The van der Waals surface area contributed by atoms with Crippen LogP contribution >= 0.6 is 0 Å². The lowest BCUT2D eigenvalue weighted by atomic mass is 9.97. The Morgan fingerprint density at radius 2 is 1.92 bits per heavy atom. The van der Waals surface area contributed by atoms with Crippen LogP contribution < -0.4 is 14.8 Å². The first-order valence-electron chi connectivity index (χ1n) is 11.9. The Labute approximate surface area is 206 Å². The van der Waals surface area contributed by atoms with E-state index < -0.39 is 42.6 Å². The van der Waals surface area contributed by atoms with E-state index in [9.17, 15) is 32.8 Å². The molecule has 36 heavy (non-hydrogen) atoms. The highest BCUT2D eigenvalue weighted by atomic mass is 19.4. The Kier molecular flexibility index (Phi) is 6.90. The number of alkyl halides is 3. The number of hydrogen-bond donors (Lipinski definition) is 1. The molecule has 0 spiro atoms. The minimum absolute atomic E-state index is 0.0623. The lowest BCUT2D eigenvalue weighted by Gasteiger charge is -2.30. The van der Waals surface area contributed by atoms with Gasteiger partial charge in [0.05, 0.1) is 6.07 Å². The molecule has 1 heterocycles. The highest BCUT2D eigenvalue weighted by molar-refractivity contribution is 5.90. The number of Topliss-reactive ketones (excluding diaryl/α,β-unsaturated/α-hetero) is 1. The van der Waals surface area contributed by atoms with Gasteiger partial charge in [0.15, 0.2) is 6.61 Å². The molecule has 3 aliphatic rings. The second-order valence-corrected chi connectivity index (χ2v) is 10.2. The van der Waals surface area contributed by atoms with E-state index >= 15 is 0 Å². The molecule has 1 aromatic carbocycles. The third kappa shape index (κ3) is 5.42. The normalized spacial score (nSPS) is 27.1. The van der Waals surface area contributed by atoms with Gasteiger partial charge in [-0.3, -0.25) is 14.4 Å². The molecule has 1 saturated heterocycles. The molecular weight excluding hydrogens is 479 g/mol. The van der Waals surface area contributed by atoms with Crippen molar-refractivity contribution in [1.82, 2.24) is 10.2 Å². The van der Waals surface area contributed by atoms with Crippen molar-refractivity contribution < 1.29 is 37.0 Å². The standard InChI is InChI=1S/C25H28F3N3O5/c1-24(2)18-12-31(20(33)13-35-16-6-8-17(9-7-16)36-25(26,27)28)22(21(18)24)23(34)30-15(11-29)10-14-4-3-5-19(14)32/h6-9,14-15,18,21-22H,3-5,10,12-13H2,1-2H3,(H,30,34)/t14-,15-,18-,21-,22-/m0/s1. The van der Waals surface area contributed by atoms with Gasteiger partial charge >= 0.3 is 6.36 Å². The third-order valence-corrected chi connectivity index (χ3v) is 7.64. The Hall–Kier alpha value is -3.29. The molecule has 11 heteroatoms. The van der Waals surface area contributed by atoms with Crippen LogP contribution in [0, 0.1) is 34.5 Å². The highest BCUT2D eigenvalue weighted by Gasteiger charge is 2.69. The van der Waals surface area contributed by atoms with Crippen LogP contribution in [0.2, 0.25) is 0 Å². The number of hydrogen-bond acceptors (Lipinski definition) is 6. The van der Waals surface area contributed by atoms with Crippen LogP contribution in [-0.4, -0.2) is 54.1 Å². The Bertz CT molecular complexity index is 1070. The average molecular weight is 508 g/mol. The predicted molar refractivity (Wildman–Crippen MR) is 119 cm³/mol. The number of fused-ring (bicyclic) bond motifs is 1. The summed E-state index contributed by atoms with van der Waals surface area (Å²) >= 11 is 0. The summed E-state index contributed by atoms with van der Waals surface area (Å²) in [7, 11) is 0. The van der Waals surface area contributed by atoms with Gasteiger partial charge in [-0.25, -0.2) is 0 Å². The second-order valence-electron chi connectivity index (χ2n) is 10.2. The van der Waals surface area contributed by atoms with Crippen molar-refractivity contribution >= 4 is 17.6 Å². The van der Waals surface area contributed by atoms with Gasteiger partial charge < -0.3 is 19.7 Å². The molecule has 2 amide bonds. The van der Waals surface area contributed by atoms with Gasteiger partial charge in [-0.1, -0.05) is 13.8 Å². The van der Waals surface area contributed by atoms with Crippen LogP contribution in [0.25, 0.3) is 0 Å². The van der Waals surface area contributed by atoms with Crippen LogP contribution in [0.5, 0.6) is 11.5 Å². The van der Waals surface area contributed by atoms with Crippen molar-refractivity contribution in [3.63, 3.8) is 0 Å². The SMILES string of the molecule is CC1(C)[C@@H]2[C@@H](C(=O)N[C@H](C#N)C[C@@H]3CCCC3=O)N(C(=O)COc3ccc(OC(F)(F)F)cc3)C[C@@H]21. The Morgan fingerprint density at radius 1 is 1.25 bits per heavy atom. The van der Waals surface area contributed by atoms with Gasteiger partial charge in [0.1, 0.15) is 29.4 Å². The molecule has 8 nitrogen and oxygen atoms in total. The number of nitrogens with zero attached hydrogens (tertiary/aromatic N) is 2. The first-order chi connectivity index (χ1) is 16.9. The van der Waals surface area contributed by atoms with Crippen molar-refractivity contribution in [3.05, 3.63) is 24.3 Å². The molecule has 1 aliphatic heterocycles. The topological polar surface area (TPSA) is 109 Å². The summed E-state index contributed by atoms with van der Waals surface area (Å²) in [5.41, 5.74) is -0.127. The van der Waals surface area contributed by atoms with Crippen LogP contribution in [0.1, 0.15) is 39.5 Å². The molecule has 194 valence electrons. The second kappa shape index (κ2) is 9.64. The first-order valence-corrected chi connectivity index (χ1v) is 11.9. The van der Waals surface area contributed by atoms with E-state index in [1.54, 1.807) is 0 Å². The number of carbonyl (C=O) groups is 3. The number of benzene rings is 1. The number of rotatable bonds is 8. The number of amides is 2. The summed E-state index contributed by atoms with van der Waals surface area (Å²) < 4.78 is 46.2. The quantitative estimate of drug-likeness (QED) is 0.579. The van der Waals surface area contributed by atoms with Crippen molar-refractivity contribution in [2.24, 2.45) is 23.2 Å². The number of ether oxygens (including phenoxy) is 2. The van der Waals surface area contributed by atoms with E-state index in [0.717, 1.165) is 18.6 Å². The summed E-state index contributed by atoms with van der Waals surface area (Å²) in [6.45, 7) is 4.03. The Balaban J connectivity index is 1.37. The first kappa shape index (κ1) is 25.8. The van der Waals surface area contributed by atoms with Crippen molar-refractivity contribution in [3.8, 4) is 17.6 Å². The molecule has 0 radical (unpaired) electrons. The fourth-order valence-electron chi connectivity index (χ4n) is 5.63. The summed E-state index contributed by atoms with van der Waals surface area (Å²) in [5, 5.41) is 12.3. The van der Waals surface area contributed by atoms with Gasteiger partial charge in [-0.2, -0.15) is 5.26 Å². The van der Waals surface area contributed by atoms with Crippen molar-refractivity contribution in [2.45, 2.75) is 58.0 Å². The molecule has 2 saturated carbocycles. The maximum Gasteiger partial charge on any atom is 0.573 e. The van der Waals surface area contributed by atoms with Crippen LogP contribution in [0.3, 0.4) is 0 Å². The number of halogens is 3. The molecule has 1 N–H and O–H groups in total. The summed E-state index contributed by atoms with van der Waals surface area (Å²) in [6.07, 6.45) is -2.56. The van der Waals surface area contributed by atoms with E-state index in [2.05, 4.69) is 16.1 Å². The molecule has 3 fully saturated rings. The molecule has 0 aromatic heterocycles. The van der Waals surface area contributed by atoms with Crippen LogP contribution in [0.15, 0.2) is 24.3 Å². The maximum absolute atomic E-state index is 13.2. The van der Waals surface area contributed by atoms with Gasteiger partial charge in [-0.05, 0) is 60.8 Å². The van der Waals surface area contributed by atoms with E-state index in [0.29, 0.717) is 19.4 Å². The summed E-state index contributed by atoms with van der Waals surface area (Å²) in [4.78, 5) is 39.7. The van der Waals surface area contributed by atoms with Gasteiger partial charge in [0, 0.05) is 18.9 Å². The van der Waals surface area contributed by atoms with E-state index in [4.69, 9.17) is 4.74 Å². The number of nitrogens with one attached hydrogen (secondary N) is 1. The Morgan fingerprint density at radius 3 is 2.50 bits per heavy atom. The number of likely N-dealkylation sites (tertiary alicyclic amines) is 1. The predicted octanol–water partition coefficient (Wildman–Crippen LogP) is 3.21. The van der Waals surface area contributed by atoms with E-state index in [1.807, 2.05) is 13.8 Å². The minimum atomic E-state index is -4.81. The van der Waals surface area contributed by atoms with E-state index in [1.165, 1.54) is 17.0 Å².